The summed E-state index contributed by atoms with van der Waals surface area (Å²) in [4.78, 5) is 17.5. The van der Waals surface area contributed by atoms with Crippen LogP contribution >= 0.6 is 0 Å². The molecule has 5 heteroatoms. The number of amides is 1. The number of carbonyl (C=O) groups excluding carboxylic acids is 1. The van der Waals surface area contributed by atoms with Crippen LogP contribution in [-0.4, -0.2) is 35.4 Å². The fraction of sp³-hybridized carbons (Fsp3) is 0.600. The summed E-state index contributed by atoms with van der Waals surface area (Å²) in [7, 11) is 0. The second-order valence-electron chi connectivity index (χ2n) is 5.01. The van der Waals surface area contributed by atoms with E-state index in [1.807, 2.05) is 12.1 Å². The molecule has 0 aliphatic heterocycles. The van der Waals surface area contributed by atoms with Crippen LogP contribution in [0.15, 0.2) is 18.3 Å². The monoisotopic (exact) mass is 278 g/mol. The number of nitrogens with zero attached hydrogens (tertiary/aromatic N) is 2. The number of rotatable bonds is 10. The lowest BCUT2D eigenvalue weighted by Crippen LogP contribution is -2.34. The van der Waals surface area contributed by atoms with Gasteiger partial charge in [-0.3, -0.25) is 9.69 Å². The first kappa shape index (κ1) is 16.4. The van der Waals surface area contributed by atoms with Gasteiger partial charge in [0.25, 0.3) is 0 Å². The topological polar surface area (TPSA) is 71.2 Å². The molecule has 0 atom stereocenters. The van der Waals surface area contributed by atoms with Crippen molar-refractivity contribution < 1.29 is 4.79 Å². The van der Waals surface area contributed by atoms with Gasteiger partial charge in [-0.2, -0.15) is 0 Å². The number of anilines is 1. The summed E-state index contributed by atoms with van der Waals surface area (Å²) in [5.41, 5.74) is 6.46. The van der Waals surface area contributed by atoms with Crippen molar-refractivity contribution in [3.05, 3.63) is 23.9 Å². The number of aromatic nitrogens is 1. The van der Waals surface area contributed by atoms with E-state index >= 15 is 0 Å². The van der Waals surface area contributed by atoms with Crippen LogP contribution in [0.2, 0.25) is 0 Å². The molecule has 0 spiro atoms. The number of hydrogen-bond acceptors (Lipinski definition) is 4. The smallest absolute Gasteiger partial charge is 0.231 e. The molecule has 5 nitrogen and oxygen atoms in total. The lowest BCUT2D eigenvalue weighted by Gasteiger charge is -2.20. The Labute approximate surface area is 121 Å². The highest BCUT2D eigenvalue weighted by Crippen LogP contribution is 2.10. The zero-order valence-electron chi connectivity index (χ0n) is 12.6. The van der Waals surface area contributed by atoms with E-state index in [0.29, 0.717) is 6.54 Å². The van der Waals surface area contributed by atoms with Gasteiger partial charge in [0.2, 0.25) is 5.91 Å². The van der Waals surface area contributed by atoms with Crippen molar-refractivity contribution in [2.75, 3.05) is 25.0 Å². The molecule has 1 heterocycles. The number of nitrogens with one attached hydrogen (secondary N) is 1. The van der Waals surface area contributed by atoms with Crippen molar-refractivity contribution in [2.24, 2.45) is 5.73 Å². The summed E-state index contributed by atoms with van der Waals surface area (Å²) in [6.45, 7) is 7.10. The highest BCUT2D eigenvalue weighted by atomic mass is 16.1. The molecule has 0 aliphatic rings. The van der Waals surface area contributed by atoms with Gasteiger partial charge in [-0.1, -0.05) is 20.3 Å². The Kier molecular flexibility index (Phi) is 7.65. The Hall–Kier alpha value is -1.62. The molecule has 1 rings (SSSR count). The van der Waals surface area contributed by atoms with E-state index < -0.39 is 0 Å². The quantitative estimate of drug-likeness (QED) is 0.686. The zero-order valence-corrected chi connectivity index (χ0v) is 12.6. The Bertz CT molecular complexity index is 409. The molecule has 0 radical (unpaired) electrons. The van der Waals surface area contributed by atoms with Crippen LogP contribution < -0.4 is 11.1 Å². The minimum Gasteiger partial charge on any atom is -0.370 e. The van der Waals surface area contributed by atoms with Crippen LogP contribution in [0.4, 0.5) is 5.82 Å². The number of pyridine rings is 1. The van der Waals surface area contributed by atoms with Crippen LogP contribution in [0.5, 0.6) is 0 Å². The maximum absolute atomic E-state index is 11.1. The summed E-state index contributed by atoms with van der Waals surface area (Å²) in [6.07, 6.45) is 5.04. The molecule has 0 saturated heterocycles. The number of hydrogen-bond donors (Lipinski definition) is 2. The van der Waals surface area contributed by atoms with Gasteiger partial charge in [-0.25, -0.2) is 4.98 Å². The number of primary amides is 1. The molecule has 0 bridgehead atoms. The third-order valence-corrected chi connectivity index (χ3v) is 2.99. The fourth-order valence-electron chi connectivity index (χ4n) is 2.00. The number of carbonyl (C=O) groups is 1. The first-order valence-electron chi connectivity index (χ1n) is 7.35. The average molecular weight is 278 g/mol. The van der Waals surface area contributed by atoms with E-state index in [2.05, 4.69) is 29.0 Å². The molecule has 1 amide bonds. The lowest BCUT2D eigenvalue weighted by atomic mass is 10.2. The van der Waals surface area contributed by atoms with Crippen LogP contribution in [0.25, 0.3) is 0 Å². The second kappa shape index (κ2) is 9.31. The summed E-state index contributed by atoms with van der Waals surface area (Å²) < 4.78 is 0. The minimum absolute atomic E-state index is 0.278. The molecule has 0 unspecified atom stereocenters. The SMILES string of the molecule is CCCCN(CC(N)=O)Cc1ccnc(NCCC)c1. The van der Waals surface area contributed by atoms with Crippen molar-refractivity contribution in [3.63, 3.8) is 0 Å². The molecule has 1 aromatic heterocycles. The molecular formula is C15H26N4O. The van der Waals surface area contributed by atoms with Gasteiger partial charge < -0.3 is 11.1 Å². The van der Waals surface area contributed by atoms with Crippen molar-refractivity contribution >= 4 is 11.7 Å². The van der Waals surface area contributed by atoms with Crippen LogP contribution in [0, 0.1) is 0 Å². The van der Waals surface area contributed by atoms with Crippen LogP contribution in [-0.2, 0) is 11.3 Å². The van der Waals surface area contributed by atoms with E-state index in [1.54, 1.807) is 6.20 Å². The van der Waals surface area contributed by atoms with E-state index in [0.717, 1.165) is 50.3 Å². The van der Waals surface area contributed by atoms with Gasteiger partial charge >= 0.3 is 0 Å². The van der Waals surface area contributed by atoms with E-state index in [9.17, 15) is 4.79 Å². The summed E-state index contributed by atoms with van der Waals surface area (Å²) in [5.74, 6) is 0.610. The fourth-order valence-corrected chi connectivity index (χ4v) is 2.00. The molecule has 0 fully saturated rings. The molecule has 112 valence electrons. The molecular weight excluding hydrogens is 252 g/mol. The molecule has 3 N–H and O–H groups in total. The Morgan fingerprint density at radius 1 is 1.40 bits per heavy atom. The van der Waals surface area contributed by atoms with Crippen LogP contribution in [0.1, 0.15) is 38.7 Å². The summed E-state index contributed by atoms with van der Waals surface area (Å²) in [5, 5.41) is 3.27. The Morgan fingerprint density at radius 2 is 2.20 bits per heavy atom. The first-order chi connectivity index (χ1) is 9.65. The van der Waals surface area contributed by atoms with Crippen molar-refractivity contribution in [2.45, 2.75) is 39.7 Å². The van der Waals surface area contributed by atoms with E-state index in [1.165, 1.54) is 0 Å². The maximum Gasteiger partial charge on any atom is 0.231 e. The number of unbranched alkanes of at least 4 members (excludes halogenated alkanes) is 1. The second-order valence-corrected chi connectivity index (χ2v) is 5.01. The van der Waals surface area contributed by atoms with Gasteiger partial charge in [-0.15, -0.1) is 0 Å². The molecule has 1 aromatic rings. The average Bonchev–Trinajstić information content (AvgIpc) is 2.42. The predicted octanol–water partition coefficient (Wildman–Crippen LogP) is 1.99. The normalized spacial score (nSPS) is 10.8. The first-order valence-corrected chi connectivity index (χ1v) is 7.35. The van der Waals surface area contributed by atoms with Crippen LogP contribution in [0.3, 0.4) is 0 Å². The Balaban J connectivity index is 2.63. The molecule has 20 heavy (non-hydrogen) atoms. The van der Waals surface area contributed by atoms with E-state index in [-0.39, 0.29) is 5.91 Å². The molecule has 0 aliphatic carbocycles. The number of nitrogens with two attached hydrogens (primary N) is 1. The zero-order chi connectivity index (χ0) is 14.8. The van der Waals surface area contributed by atoms with Gasteiger partial charge in [-0.05, 0) is 37.1 Å². The van der Waals surface area contributed by atoms with Gasteiger partial charge in [0.15, 0.2) is 0 Å². The highest BCUT2D eigenvalue weighted by molar-refractivity contribution is 5.75. The van der Waals surface area contributed by atoms with Crippen molar-refractivity contribution in [3.8, 4) is 0 Å². The maximum atomic E-state index is 11.1. The molecule has 0 saturated carbocycles. The Morgan fingerprint density at radius 3 is 2.85 bits per heavy atom. The lowest BCUT2D eigenvalue weighted by molar-refractivity contribution is -0.119. The van der Waals surface area contributed by atoms with Crippen molar-refractivity contribution in [1.82, 2.24) is 9.88 Å². The van der Waals surface area contributed by atoms with Gasteiger partial charge in [0.05, 0.1) is 6.54 Å². The minimum atomic E-state index is -0.278. The third kappa shape index (κ3) is 6.52. The largest absolute Gasteiger partial charge is 0.370 e. The third-order valence-electron chi connectivity index (χ3n) is 2.99. The highest BCUT2D eigenvalue weighted by Gasteiger charge is 2.09. The summed E-state index contributed by atoms with van der Waals surface area (Å²) in [6, 6.07) is 4.02. The van der Waals surface area contributed by atoms with Crippen molar-refractivity contribution in [1.29, 1.82) is 0 Å². The predicted molar refractivity (Wildman–Crippen MR) is 82.4 cm³/mol. The summed E-state index contributed by atoms with van der Waals surface area (Å²) >= 11 is 0. The van der Waals surface area contributed by atoms with E-state index in [4.69, 9.17) is 5.73 Å². The van der Waals surface area contributed by atoms with Gasteiger partial charge in [0, 0.05) is 19.3 Å². The standard InChI is InChI=1S/C15H26N4O/c1-3-5-9-19(12-14(16)20)11-13-6-8-18-15(10-13)17-7-4-2/h6,8,10H,3-5,7,9,11-12H2,1-2H3,(H2,16,20)(H,17,18). The van der Waals surface area contributed by atoms with Gasteiger partial charge in [0.1, 0.15) is 5.82 Å². The molecule has 0 aromatic carbocycles.